The van der Waals surface area contributed by atoms with E-state index in [4.69, 9.17) is 10.9 Å². The van der Waals surface area contributed by atoms with Crippen LogP contribution in [0.5, 0.6) is 0 Å². The van der Waals surface area contributed by atoms with Crippen molar-refractivity contribution < 1.29 is 5.21 Å². The number of oxime groups is 1. The highest BCUT2D eigenvalue weighted by molar-refractivity contribution is 7.99. The molecule has 18 heavy (non-hydrogen) atoms. The molecule has 6 nitrogen and oxygen atoms in total. The second-order valence-corrected chi connectivity index (χ2v) is 4.45. The Kier molecular flexibility index (Phi) is 3.73. The van der Waals surface area contributed by atoms with E-state index in [0.717, 1.165) is 10.6 Å². The molecular formula is C11H11N5OS. The second kappa shape index (κ2) is 5.46. The van der Waals surface area contributed by atoms with Crippen molar-refractivity contribution in [1.82, 2.24) is 15.0 Å². The van der Waals surface area contributed by atoms with Crippen LogP contribution in [0.25, 0.3) is 0 Å². The molecule has 0 aliphatic carbocycles. The monoisotopic (exact) mass is 261 g/mol. The minimum absolute atomic E-state index is 0.0390. The summed E-state index contributed by atoms with van der Waals surface area (Å²) in [6.07, 6.45) is 4.78. The van der Waals surface area contributed by atoms with Gasteiger partial charge < -0.3 is 10.9 Å². The predicted molar refractivity (Wildman–Crippen MR) is 67.6 cm³/mol. The summed E-state index contributed by atoms with van der Waals surface area (Å²) in [7, 11) is 0. The molecule has 0 bridgehead atoms. The van der Waals surface area contributed by atoms with E-state index in [9.17, 15) is 0 Å². The molecule has 7 heteroatoms. The number of pyridine rings is 1. The van der Waals surface area contributed by atoms with Gasteiger partial charge >= 0.3 is 0 Å². The normalized spacial score (nSPS) is 11.5. The van der Waals surface area contributed by atoms with Gasteiger partial charge in [0, 0.05) is 12.4 Å². The SMILES string of the molecule is Cc1ccnc(Sc2ccncn2)c1/C(N)=N/O. The zero-order valence-corrected chi connectivity index (χ0v) is 10.4. The number of nitrogens with zero attached hydrogens (tertiary/aromatic N) is 4. The Bertz CT molecular complexity index is 573. The molecule has 2 aromatic heterocycles. The van der Waals surface area contributed by atoms with E-state index in [1.165, 1.54) is 18.1 Å². The molecule has 0 saturated carbocycles. The van der Waals surface area contributed by atoms with E-state index in [0.29, 0.717) is 10.6 Å². The molecule has 0 saturated heterocycles. The molecule has 0 aliphatic rings. The quantitative estimate of drug-likeness (QED) is 0.285. The molecule has 0 unspecified atom stereocenters. The Hall–Kier alpha value is -2.15. The second-order valence-electron chi connectivity index (χ2n) is 3.44. The highest BCUT2D eigenvalue weighted by Crippen LogP contribution is 2.28. The van der Waals surface area contributed by atoms with E-state index < -0.39 is 0 Å². The molecule has 0 aliphatic heterocycles. The number of rotatable bonds is 3. The molecule has 0 amide bonds. The van der Waals surface area contributed by atoms with Crippen molar-refractivity contribution in [2.45, 2.75) is 17.0 Å². The molecule has 3 N–H and O–H groups in total. The van der Waals surface area contributed by atoms with E-state index >= 15 is 0 Å². The molecule has 0 atom stereocenters. The van der Waals surface area contributed by atoms with Crippen molar-refractivity contribution in [2.75, 3.05) is 0 Å². The predicted octanol–water partition coefficient (Wildman–Crippen LogP) is 1.43. The Morgan fingerprint density at radius 2 is 2.17 bits per heavy atom. The van der Waals surface area contributed by atoms with Crippen LogP contribution in [0.2, 0.25) is 0 Å². The smallest absolute Gasteiger partial charge is 0.173 e. The number of amidine groups is 1. The number of hydrogen-bond acceptors (Lipinski definition) is 6. The summed E-state index contributed by atoms with van der Waals surface area (Å²) in [5.74, 6) is 0.0390. The maximum Gasteiger partial charge on any atom is 0.173 e. The van der Waals surface area contributed by atoms with Gasteiger partial charge in [-0.3, -0.25) is 0 Å². The fourth-order valence-corrected chi connectivity index (χ4v) is 2.32. The summed E-state index contributed by atoms with van der Waals surface area (Å²) in [5.41, 5.74) is 7.16. The average molecular weight is 261 g/mol. The molecule has 0 spiro atoms. The van der Waals surface area contributed by atoms with Crippen molar-refractivity contribution in [3.8, 4) is 0 Å². The number of aryl methyl sites for hydroxylation is 1. The Balaban J connectivity index is 2.42. The van der Waals surface area contributed by atoms with Gasteiger partial charge in [0.05, 0.1) is 5.56 Å². The zero-order valence-electron chi connectivity index (χ0n) is 9.61. The minimum atomic E-state index is 0.0390. The van der Waals surface area contributed by atoms with E-state index in [1.54, 1.807) is 24.5 Å². The molecule has 2 rings (SSSR count). The number of aromatic nitrogens is 3. The highest BCUT2D eigenvalue weighted by atomic mass is 32.2. The first-order valence-electron chi connectivity index (χ1n) is 5.09. The highest BCUT2D eigenvalue weighted by Gasteiger charge is 2.13. The molecular weight excluding hydrogens is 250 g/mol. The van der Waals surface area contributed by atoms with E-state index in [2.05, 4.69) is 20.1 Å². The van der Waals surface area contributed by atoms with Crippen LogP contribution in [0.1, 0.15) is 11.1 Å². The average Bonchev–Trinajstić information content (AvgIpc) is 2.39. The van der Waals surface area contributed by atoms with Crippen LogP contribution in [0.15, 0.2) is 46.1 Å². The van der Waals surface area contributed by atoms with Gasteiger partial charge in [-0.15, -0.1) is 0 Å². The molecule has 0 fully saturated rings. The lowest BCUT2D eigenvalue weighted by atomic mass is 10.1. The number of nitrogens with two attached hydrogens (primary N) is 1. The van der Waals surface area contributed by atoms with Crippen molar-refractivity contribution >= 4 is 17.6 Å². The third-order valence-corrected chi connectivity index (χ3v) is 3.20. The fraction of sp³-hybridized carbons (Fsp3) is 0.0909. The minimum Gasteiger partial charge on any atom is -0.409 e. The summed E-state index contributed by atoms with van der Waals surface area (Å²) < 4.78 is 0. The summed E-state index contributed by atoms with van der Waals surface area (Å²) in [4.78, 5) is 12.2. The van der Waals surface area contributed by atoms with Gasteiger partial charge in [-0.1, -0.05) is 5.16 Å². The lowest BCUT2D eigenvalue weighted by molar-refractivity contribution is 0.318. The largest absolute Gasteiger partial charge is 0.409 e. The lowest BCUT2D eigenvalue weighted by Gasteiger charge is -2.08. The molecule has 0 radical (unpaired) electrons. The summed E-state index contributed by atoms with van der Waals surface area (Å²) in [6, 6.07) is 3.57. The van der Waals surface area contributed by atoms with Gasteiger partial charge in [-0.25, -0.2) is 15.0 Å². The molecule has 0 aromatic carbocycles. The summed E-state index contributed by atoms with van der Waals surface area (Å²) >= 11 is 1.34. The van der Waals surface area contributed by atoms with Gasteiger partial charge in [0.2, 0.25) is 0 Å². The van der Waals surface area contributed by atoms with Crippen molar-refractivity contribution in [3.63, 3.8) is 0 Å². The van der Waals surface area contributed by atoms with Crippen LogP contribution in [0, 0.1) is 6.92 Å². The first kappa shape index (κ1) is 12.3. The van der Waals surface area contributed by atoms with Crippen LogP contribution >= 0.6 is 11.8 Å². The van der Waals surface area contributed by atoms with E-state index in [-0.39, 0.29) is 5.84 Å². The summed E-state index contributed by atoms with van der Waals surface area (Å²) in [6.45, 7) is 1.87. The third kappa shape index (κ3) is 2.57. The van der Waals surface area contributed by atoms with Crippen molar-refractivity contribution in [3.05, 3.63) is 42.0 Å². The third-order valence-electron chi connectivity index (χ3n) is 2.24. The Labute approximate surface area is 108 Å². The van der Waals surface area contributed by atoms with Crippen LogP contribution in [-0.4, -0.2) is 26.0 Å². The summed E-state index contributed by atoms with van der Waals surface area (Å²) in [5, 5.41) is 13.2. The first-order chi connectivity index (χ1) is 8.72. The van der Waals surface area contributed by atoms with Crippen LogP contribution in [0.4, 0.5) is 0 Å². The van der Waals surface area contributed by atoms with Crippen molar-refractivity contribution in [1.29, 1.82) is 0 Å². The van der Waals surface area contributed by atoms with Gasteiger partial charge in [0.15, 0.2) is 5.84 Å². The first-order valence-corrected chi connectivity index (χ1v) is 5.91. The zero-order chi connectivity index (χ0) is 13.0. The standard InChI is InChI=1S/C11H11N5OS/c1-7-2-5-14-11(9(7)10(12)16-17)18-8-3-4-13-6-15-8/h2-6,17H,1H3,(H2,12,16). The topological polar surface area (TPSA) is 97.3 Å². The van der Waals surface area contributed by atoms with Crippen LogP contribution < -0.4 is 5.73 Å². The molecule has 92 valence electrons. The Morgan fingerprint density at radius 1 is 1.33 bits per heavy atom. The Morgan fingerprint density at radius 3 is 2.83 bits per heavy atom. The van der Waals surface area contributed by atoms with Gasteiger partial charge in [-0.05, 0) is 36.4 Å². The van der Waals surface area contributed by atoms with Crippen LogP contribution in [0.3, 0.4) is 0 Å². The maximum absolute atomic E-state index is 8.80. The molecule has 2 heterocycles. The van der Waals surface area contributed by atoms with Gasteiger partial charge in [-0.2, -0.15) is 0 Å². The molecule has 2 aromatic rings. The van der Waals surface area contributed by atoms with Gasteiger partial charge in [0.1, 0.15) is 16.4 Å². The van der Waals surface area contributed by atoms with Crippen LogP contribution in [-0.2, 0) is 0 Å². The number of hydrogen-bond donors (Lipinski definition) is 2. The van der Waals surface area contributed by atoms with Crippen molar-refractivity contribution in [2.24, 2.45) is 10.9 Å². The van der Waals surface area contributed by atoms with Gasteiger partial charge in [0.25, 0.3) is 0 Å². The maximum atomic E-state index is 8.80. The van der Waals surface area contributed by atoms with E-state index in [1.807, 2.05) is 6.92 Å². The fourth-order valence-electron chi connectivity index (χ4n) is 1.41. The lowest BCUT2D eigenvalue weighted by Crippen LogP contribution is -2.16.